The Morgan fingerprint density at radius 3 is 0.909 bits per heavy atom. The van der Waals surface area contributed by atoms with Crippen LogP contribution in [0.3, 0.4) is 0 Å². The van der Waals surface area contributed by atoms with Crippen molar-refractivity contribution in [3.05, 3.63) is 97.2 Å². The molecule has 0 aliphatic rings. The fourth-order valence-electron chi connectivity index (χ4n) is 7.36. The molecule has 0 saturated heterocycles. The molecule has 0 aliphatic heterocycles. The molecule has 0 fully saturated rings. The fraction of sp³-hybridized carbons (Fsp3) is 0.683. The highest BCUT2D eigenvalue weighted by Gasteiger charge is 2.19. The molecule has 0 spiro atoms. The summed E-state index contributed by atoms with van der Waals surface area (Å²) < 4.78 is 16.8. The third-order valence-corrected chi connectivity index (χ3v) is 11.5. The quantitative estimate of drug-likeness (QED) is 0.0262. The maximum Gasteiger partial charge on any atom is 0.306 e. The second kappa shape index (κ2) is 53.9. The van der Waals surface area contributed by atoms with Crippen molar-refractivity contribution in [2.24, 2.45) is 0 Å². The average Bonchev–Trinajstić information content (AvgIpc) is 3.31. The van der Waals surface area contributed by atoms with Crippen molar-refractivity contribution >= 4 is 17.9 Å². The van der Waals surface area contributed by atoms with Crippen LogP contribution in [0.15, 0.2) is 97.2 Å². The van der Waals surface area contributed by atoms with Gasteiger partial charge in [0.15, 0.2) is 6.10 Å². The average molecular weight is 917 g/mol. The van der Waals surface area contributed by atoms with Crippen molar-refractivity contribution in [2.75, 3.05) is 13.2 Å². The maximum absolute atomic E-state index is 12.8. The van der Waals surface area contributed by atoms with Crippen molar-refractivity contribution in [3.8, 4) is 0 Å². The van der Waals surface area contributed by atoms with Crippen LogP contribution in [0.2, 0.25) is 0 Å². The van der Waals surface area contributed by atoms with Gasteiger partial charge < -0.3 is 14.2 Å². The van der Waals surface area contributed by atoms with Gasteiger partial charge in [0, 0.05) is 19.3 Å². The molecule has 0 amide bonds. The largest absolute Gasteiger partial charge is 0.462 e. The van der Waals surface area contributed by atoms with E-state index in [-0.39, 0.29) is 31.1 Å². The number of allylic oxidation sites excluding steroid dienone is 16. The third kappa shape index (κ3) is 51.3. The molecule has 6 nitrogen and oxygen atoms in total. The first kappa shape index (κ1) is 62.3. The smallest absolute Gasteiger partial charge is 0.306 e. The second-order valence-electron chi connectivity index (χ2n) is 18.0. The molecular formula is C60H100O6. The predicted molar refractivity (Wildman–Crippen MR) is 284 cm³/mol. The van der Waals surface area contributed by atoms with Gasteiger partial charge in [-0.1, -0.05) is 259 Å². The van der Waals surface area contributed by atoms with E-state index in [9.17, 15) is 14.4 Å². The molecular weight excluding hydrogens is 817 g/mol. The first-order chi connectivity index (χ1) is 32.5. The van der Waals surface area contributed by atoms with Crippen LogP contribution < -0.4 is 0 Å². The topological polar surface area (TPSA) is 78.9 Å². The highest BCUT2D eigenvalue weighted by molar-refractivity contribution is 5.71. The molecule has 0 saturated carbocycles. The molecule has 0 bridgehead atoms. The summed E-state index contributed by atoms with van der Waals surface area (Å²) in [6.07, 6.45) is 70.9. The van der Waals surface area contributed by atoms with Crippen LogP contribution in [0.1, 0.15) is 245 Å². The number of unbranched alkanes of at least 4 members (excludes halogenated alkanes) is 27. The van der Waals surface area contributed by atoms with E-state index in [0.29, 0.717) is 19.3 Å². The van der Waals surface area contributed by atoms with Crippen LogP contribution in [0, 0.1) is 0 Å². The zero-order valence-corrected chi connectivity index (χ0v) is 42.9. The lowest BCUT2D eigenvalue weighted by atomic mass is 10.0. The van der Waals surface area contributed by atoms with Gasteiger partial charge in [-0.3, -0.25) is 14.4 Å². The van der Waals surface area contributed by atoms with E-state index in [4.69, 9.17) is 14.2 Å². The summed E-state index contributed by atoms with van der Waals surface area (Å²) in [5.74, 6) is -0.939. The van der Waals surface area contributed by atoms with E-state index in [0.717, 1.165) is 109 Å². The minimum atomic E-state index is -0.798. The van der Waals surface area contributed by atoms with E-state index >= 15 is 0 Å². The zero-order chi connectivity index (χ0) is 47.9. The Morgan fingerprint density at radius 1 is 0.303 bits per heavy atom. The number of rotatable bonds is 48. The number of carbonyl (C=O) groups excluding carboxylic acids is 3. The Morgan fingerprint density at radius 2 is 0.576 bits per heavy atom. The van der Waals surface area contributed by atoms with E-state index in [1.165, 1.54) is 96.3 Å². The molecule has 1 unspecified atom stereocenters. The van der Waals surface area contributed by atoms with Crippen LogP contribution in [-0.4, -0.2) is 37.2 Å². The molecule has 0 N–H and O–H groups in total. The van der Waals surface area contributed by atoms with Crippen molar-refractivity contribution in [1.29, 1.82) is 0 Å². The molecule has 0 aliphatic carbocycles. The Bertz CT molecular complexity index is 1330. The molecule has 0 radical (unpaired) electrons. The molecule has 0 heterocycles. The van der Waals surface area contributed by atoms with Gasteiger partial charge in [0.1, 0.15) is 13.2 Å². The van der Waals surface area contributed by atoms with Gasteiger partial charge in [-0.15, -0.1) is 0 Å². The van der Waals surface area contributed by atoms with Crippen molar-refractivity contribution in [3.63, 3.8) is 0 Å². The van der Waals surface area contributed by atoms with Crippen LogP contribution in [0.5, 0.6) is 0 Å². The number of esters is 3. The summed E-state index contributed by atoms with van der Waals surface area (Å²) >= 11 is 0. The summed E-state index contributed by atoms with van der Waals surface area (Å²) in [6.45, 7) is 6.49. The molecule has 376 valence electrons. The van der Waals surface area contributed by atoms with Gasteiger partial charge in [-0.2, -0.15) is 0 Å². The Hall–Kier alpha value is -3.67. The summed E-state index contributed by atoms with van der Waals surface area (Å²) in [6, 6.07) is 0. The van der Waals surface area contributed by atoms with Gasteiger partial charge in [0.25, 0.3) is 0 Å². The van der Waals surface area contributed by atoms with E-state index in [2.05, 4.69) is 93.7 Å². The lowest BCUT2D eigenvalue weighted by molar-refractivity contribution is -0.167. The fourth-order valence-corrected chi connectivity index (χ4v) is 7.36. The maximum atomic E-state index is 12.8. The zero-order valence-electron chi connectivity index (χ0n) is 42.9. The first-order valence-corrected chi connectivity index (χ1v) is 27.3. The molecule has 66 heavy (non-hydrogen) atoms. The van der Waals surface area contributed by atoms with Crippen LogP contribution >= 0.6 is 0 Å². The lowest BCUT2D eigenvalue weighted by Gasteiger charge is -2.18. The van der Waals surface area contributed by atoms with Gasteiger partial charge in [-0.25, -0.2) is 0 Å². The van der Waals surface area contributed by atoms with Crippen molar-refractivity contribution in [1.82, 2.24) is 0 Å². The summed E-state index contributed by atoms with van der Waals surface area (Å²) in [7, 11) is 0. The molecule has 1 atom stereocenters. The highest BCUT2D eigenvalue weighted by atomic mass is 16.6. The van der Waals surface area contributed by atoms with Gasteiger partial charge >= 0.3 is 17.9 Å². The molecule has 0 aromatic carbocycles. The van der Waals surface area contributed by atoms with Crippen LogP contribution in [0.4, 0.5) is 0 Å². The highest BCUT2D eigenvalue weighted by Crippen LogP contribution is 2.15. The van der Waals surface area contributed by atoms with Crippen LogP contribution in [0.25, 0.3) is 0 Å². The summed E-state index contributed by atoms with van der Waals surface area (Å²) in [4.78, 5) is 38.1. The Labute approximate surface area is 407 Å². The number of ether oxygens (including phenoxy) is 3. The third-order valence-electron chi connectivity index (χ3n) is 11.5. The van der Waals surface area contributed by atoms with Gasteiger partial charge in [0.2, 0.25) is 0 Å². The lowest BCUT2D eigenvalue weighted by Crippen LogP contribution is -2.30. The first-order valence-electron chi connectivity index (χ1n) is 27.3. The van der Waals surface area contributed by atoms with E-state index in [1.807, 2.05) is 24.3 Å². The van der Waals surface area contributed by atoms with Gasteiger partial charge in [-0.05, 0) is 64.2 Å². The minimum Gasteiger partial charge on any atom is -0.462 e. The van der Waals surface area contributed by atoms with E-state index < -0.39 is 6.10 Å². The minimum absolute atomic E-state index is 0.0937. The van der Waals surface area contributed by atoms with Gasteiger partial charge in [0.05, 0.1) is 0 Å². The summed E-state index contributed by atoms with van der Waals surface area (Å²) in [5, 5.41) is 0. The number of hydrogen-bond donors (Lipinski definition) is 0. The molecule has 0 aromatic heterocycles. The summed E-state index contributed by atoms with van der Waals surface area (Å²) in [5.41, 5.74) is 0. The molecule has 6 heteroatoms. The van der Waals surface area contributed by atoms with Crippen molar-refractivity contribution < 1.29 is 28.6 Å². The van der Waals surface area contributed by atoms with Crippen molar-refractivity contribution in [2.45, 2.75) is 252 Å². The normalized spacial score (nSPS) is 12.8. The van der Waals surface area contributed by atoms with E-state index in [1.54, 1.807) is 0 Å². The Balaban J connectivity index is 4.48. The second-order valence-corrected chi connectivity index (χ2v) is 18.0. The SMILES string of the molecule is CCC\C=C/C=C\C=C/C=C\C=C/CCCCCCCC(=O)OCC(COC(=O)CCCCCCCCCCCCCC)OC(=O)CCCCCCC\C=C/C=C\C=C/CCCCCCC. The monoisotopic (exact) mass is 917 g/mol. The molecule has 0 aromatic rings. The molecule has 0 rings (SSSR count). The number of carbonyl (C=O) groups is 3. The number of hydrogen-bond acceptors (Lipinski definition) is 6. The standard InChI is InChI=1S/C60H100O6/c1-4-7-10-13-16-19-22-25-27-29-31-33-35-38-41-44-47-50-53-59(62)65-56-57(55-64-58(61)52-49-46-43-40-37-24-21-18-15-12-9-6-3)66-60(63)54-51-48-45-42-39-36-34-32-30-28-26-23-20-17-14-11-8-5-2/h10,13,16,19,22-23,25-34,57H,4-9,11-12,14-15,17-18,20-21,24,35-56H2,1-3H3/b13-10-,19-16-,25-22-,26-23-,29-27-,30-28-,33-31-,34-32-. The predicted octanol–water partition coefficient (Wildman–Crippen LogP) is 18.1. The van der Waals surface area contributed by atoms with Crippen LogP contribution in [-0.2, 0) is 28.6 Å². The Kier molecular flexibility index (Phi) is 50.9.